The molecule has 0 saturated carbocycles. The van der Waals surface area contributed by atoms with Crippen LogP contribution >= 0.6 is 0 Å². The van der Waals surface area contributed by atoms with Crippen molar-refractivity contribution in [2.45, 2.75) is 6.18 Å². The van der Waals surface area contributed by atoms with E-state index in [1.807, 2.05) is 0 Å². The van der Waals surface area contributed by atoms with E-state index in [9.17, 15) is 13.2 Å². The highest BCUT2D eigenvalue weighted by molar-refractivity contribution is 5.62. The van der Waals surface area contributed by atoms with Crippen LogP contribution in [0, 0.1) is 34.0 Å². The van der Waals surface area contributed by atoms with Gasteiger partial charge in [0, 0.05) is 23.9 Å². The molecule has 2 aromatic carbocycles. The Morgan fingerprint density at radius 2 is 1.54 bits per heavy atom. The number of alkyl halides is 3. The molecule has 0 amide bonds. The lowest BCUT2D eigenvalue weighted by atomic mass is 10.2. The van der Waals surface area contributed by atoms with E-state index in [-0.39, 0.29) is 22.9 Å². The number of halogens is 3. The van der Waals surface area contributed by atoms with Gasteiger partial charge in [0.25, 0.3) is 0 Å². The zero-order valence-electron chi connectivity index (χ0n) is 14.1. The van der Waals surface area contributed by atoms with Crippen molar-refractivity contribution >= 4 is 5.69 Å². The second-order valence-corrected chi connectivity index (χ2v) is 5.22. The monoisotopic (exact) mass is 384 g/mol. The van der Waals surface area contributed by atoms with Crippen molar-refractivity contribution in [1.29, 1.82) is 15.8 Å². The van der Waals surface area contributed by atoms with Crippen LogP contribution in [-0.4, -0.2) is 12.8 Å². The molecule has 0 bridgehead atoms. The number of nitriles is 3. The Hall–Kier alpha value is -4.16. The zero-order chi connectivity index (χ0) is 20.6. The van der Waals surface area contributed by atoms with E-state index in [4.69, 9.17) is 25.3 Å². The fourth-order valence-corrected chi connectivity index (χ4v) is 2.00. The maximum absolute atomic E-state index is 12.5. The first-order chi connectivity index (χ1) is 13.3. The van der Waals surface area contributed by atoms with Gasteiger partial charge in [-0.25, -0.2) is 0 Å². The minimum absolute atomic E-state index is 0.102. The molecule has 2 rings (SSSR count). The third kappa shape index (κ3) is 5.98. The van der Waals surface area contributed by atoms with Crippen molar-refractivity contribution < 1.29 is 22.6 Å². The summed E-state index contributed by atoms with van der Waals surface area (Å²) in [5, 5.41) is 29.4. The van der Waals surface area contributed by atoms with Crippen LogP contribution in [0.2, 0.25) is 0 Å². The Kier molecular flexibility index (Phi) is 6.46. The summed E-state index contributed by atoms with van der Waals surface area (Å²) >= 11 is 0. The van der Waals surface area contributed by atoms with Crippen LogP contribution in [0.25, 0.3) is 0 Å². The van der Waals surface area contributed by atoms with Crippen molar-refractivity contribution in [3.05, 3.63) is 59.8 Å². The Labute approximate surface area is 158 Å². The van der Waals surface area contributed by atoms with E-state index in [1.165, 1.54) is 18.2 Å². The molecule has 6 nitrogen and oxygen atoms in total. The maximum atomic E-state index is 12.5. The lowest BCUT2D eigenvalue weighted by Gasteiger charge is -2.14. The topological polar surface area (TPSA) is 102 Å². The van der Waals surface area contributed by atoms with Gasteiger partial charge in [0.15, 0.2) is 12.2 Å². The summed E-state index contributed by atoms with van der Waals surface area (Å²) in [6.45, 7) is -1.52. The SMILES string of the molecule is N#CC(C#N)=C(C#N)Nc1cc(OCC(F)(F)F)cc(Oc2ccccc2)c1. The number of benzene rings is 2. The van der Waals surface area contributed by atoms with E-state index in [1.54, 1.807) is 48.5 Å². The van der Waals surface area contributed by atoms with Gasteiger partial charge < -0.3 is 14.8 Å². The van der Waals surface area contributed by atoms with Gasteiger partial charge in [-0.3, -0.25) is 0 Å². The van der Waals surface area contributed by atoms with Gasteiger partial charge in [-0.2, -0.15) is 29.0 Å². The summed E-state index contributed by atoms with van der Waals surface area (Å²) < 4.78 is 47.7. The number of para-hydroxylation sites is 1. The highest BCUT2D eigenvalue weighted by Crippen LogP contribution is 2.31. The first-order valence-corrected chi connectivity index (χ1v) is 7.64. The minimum Gasteiger partial charge on any atom is -0.484 e. The Morgan fingerprint density at radius 1 is 0.893 bits per heavy atom. The van der Waals surface area contributed by atoms with Gasteiger partial charge in [0.1, 0.15) is 41.2 Å². The predicted molar refractivity (Wildman–Crippen MR) is 92.0 cm³/mol. The lowest BCUT2D eigenvalue weighted by Crippen LogP contribution is -2.19. The van der Waals surface area contributed by atoms with Gasteiger partial charge in [-0.15, -0.1) is 0 Å². The lowest BCUT2D eigenvalue weighted by molar-refractivity contribution is -0.153. The number of anilines is 1. The summed E-state index contributed by atoms with van der Waals surface area (Å²) in [7, 11) is 0. The minimum atomic E-state index is -4.55. The summed E-state index contributed by atoms with van der Waals surface area (Å²) in [5.74, 6) is 0.370. The normalized spacial score (nSPS) is 10.0. The summed E-state index contributed by atoms with van der Waals surface area (Å²) in [5.41, 5.74) is -0.733. The molecule has 28 heavy (non-hydrogen) atoms. The smallest absolute Gasteiger partial charge is 0.422 e. The van der Waals surface area contributed by atoms with Crippen LogP contribution < -0.4 is 14.8 Å². The molecule has 0 saturated heterocycles. The molecule has 0 spiro atoms. The van der Waals surface area contributed by atoms with Gasteiger partial charge in [-0.05, 0) is 12.1 Å². The van der Waals surface area contributed by atoms with E-state index < -0.39 is 18.4 Å². The van der Waals surface area contributed by atoms with Crippen LogP contribution in [0.15, 0.2) is 59.8 Å². The average Bonchev–Trinajstić information content (AvgIpc) is 2.66. The third-order valence-electron chi connectivity index (χ3n) is 3.12. The Balaban J connectivity index is 2.39. The summed E-state index contributed by atoms with van der Waals surface area (Å²) in [4.78, 5) is 0. The molecule has 0 unspecified atom stereocenters. The highest BCUT2D eigenvalue weighted by atomic mass is 19.4. The quantitative estimate of drug-likeness (QED) is 0.727. The molecule has 0 aliphatic rings. The van der Waals surface area contributed by atoms with E-state index >= 15 is 0 Å². The maximum Gasteiger partial charge on any atom is 0.422 e. The van der Waals surface area contributed by atoms with Gasteiger partial charge in [0.2, 0.25) is 0 Å². The second-order valence-electron chi connectivity index (χ2n) is 5.22. The molecule has 0 aliphatic heterocycles. The van der Waals surface area contributed by atoms with Crippen LogP contribution in [0.5, 0.6) is 17.2 Å². The predicted octanol–water partition coefficient (Wildman–Crippen LogP) is 4.66. The standard InChI is InChI=1S/C19H11F3N4O2/c20-19(21,22)12-27-16-6-14(26-18(11-25)13(9-23)10-24)7-17(8-16)28-15-4-2-1-3-5-15/h1-8,26H,12H2. The molecule has 1 N–H and O–H groups in total. The van der Waals surface area contributed by atoms with E-state index in [2.05, 4.69) is 5.32 Å². The molecule has 9 heteroatoms. The number of rotatable bonds is 6. The van der Waals surface area contributed by atoms with E-state index in [0.717, 1.165) is 0 Å². The number of hydrogen-bond donors (Lipinski definition) is 1. The highest BCUT2D eigenvalue weighted by Gasteiger charge is 2.28. The molecular formula is C19H11F3N4O2. The molecule has 2 aromatic rings. The molecule has 0 heterocycles. The van der Waals surface area contributed by atoms with Crippen LogP contribution in [0.3, 0.4) is 0 Å². The number of nitrogens with zero attached hydrogens (tertiary/aromatic N) is 3. The first-order valence-electron chi connectivity index (χ1n) is 7.64. The largest absolute Gasteiger partial charge is 0.484 e. The third-order valence-corrected chi connectivity index (χ3v) is 3.12. The fourth-order valence-electron chi connectivity index (χ4n) is 2.00. The molecule has 140 valence electrons. The molecule has 0 atom stereocenters. The molecule has 0 aliphatic carbocycles. The van der Waals surface area contributed by atoms with Gasteiger partial charge in [-0.1, -0.05) is 18.2 Å². The van der Waals surface area contributed by atoms with Crippen molar-refractivity contribution in [3.63, 3.8) is 0 Å². The number of hydrogen-bond acceptors (Lipinski definition) is 6. The number of ether oxygens (including phenoxy) is 2. The van der Waals surface area contributed by atoms with Crippen molar-refractivity contribution in [2.24, 2.45) is 0 Å². The van der Waals surface area contributed by atoms with Crippen molar-refractivity contribution in [2.75, 3.05) is 11.9 Å². The Bertz CT molecular complexity index is 981. The van der Waals surface area contributed by atoms with Crippen molar-refractivity contribution in [3.8, 4) is 35.5 Å². The average molecular weight is 384 g/mol. The number of allylic oxidation sites excluding steroid dienone is 2. The summed E-state index contributed by atoms with van der Waals surface area (Å²) in [6, 6.07) is 17.1. The molecule has 0 fully saturated rings. The summed E-state index contributed by atoms with van der Waals surface area (Å²) in [6.07, 6.45) is -4.55. The van der Waals surface area contributed by atoms with Crippen LogP contribution in [0.1, 0.15) is 0 Å². The van der Waals surface area contributed by atoms with Crippen LogP contribution in [0.4, 0.5) is 18.9 Å². The van der Waals surface area contributed by atoms with Gasteiger partial charge >= 0.3 is 6.18 Å². The fraction of sp³-hybridized carbons (Fsp3) is 0.105. The molecule has 0 radical (unpaired) electrons. The molecule has 0 aromatic heterocycles. The first kappa shape index (κ1) is 20.2. The van der Waals surface area contributed by atoms with Crippen molar-refractivity contribution in [1.82, 2.24) is 0 Å². The second kappa shape index (κ2) is 8.98. The Morgan fingerprint density at radius 3 is 2.11 bits per heavy atom. The van der Waals surface area contributed by atoms with Crippen LogP contribution in [-0.2, 0) is 0 Å². The number of nitrogens with one attached hydrogen (secondary N) is 1. The zero-order valence-corrected chi connectivity index (χ0v) is 14.1. The van der Waals surface area contributed by atoms with E-state index in [0.29, 0.717) is 5.75 Å². The molecular weight excluding hydrogens is 373 g/mol. The van der Waals surface area contributed by atoms with Gasteiger partial charge in [0.05, 0.1) is 0 Å².